The van der Waals surface area contributed by atoms with E-state index < -0.39 is 0 Å². The Kier molecular flexibility index (Phi) is 6.51. The number of nitrogens with zero attached hydrogens (tertiary/aromatic N) is 5. The summed E-state index contributed by atoms with van der Waals surface area (Å²) in [6, 6.07) is 9.51. The van der Waals surface area contributed by atoms with Crippen molar-refractivity contribution >= 4 is 23.4 Å². The molecule has 8 heteroatoms. The highest BCUT2D eigenvalue weighted by molar-refractivity contribution is 5.91. The molecule has 1 N–H and O–H groups in total. The van der Waals surface area contributed by atoms with Gasteiger partial charge in [0.25, 0.3) is 0 Å². The largest absolute Gasteiger partial charge is 0.492 e. The first-order chi connectivity index (χ1) is 14.7. The second-order valence-corrected chi connectivity index (χ2v) is 7.62. The maximum atomic E-state index is 12.7. The van der Waals surface area contributed by atoms with E-state index in [4.69, 9.17) is 4.74 Å². The highest BCUT2D eigenvalue weighted by Crippen LogP contribution is 2.25. The molecule has 0 spiro atoms. The van der Waals surface area contributed by atoms with Gasteiger partial charge in [0.15, 0.2) is 0 Å². The second kappa shape index (κ2) is 9.65. The minimum atomic E-state index is -0.0986. The molecule has 2 aliphatic rings. The molecule has 2 aromatic rings. The number of anilines is 3. The van der Waals surface area contributed by atoms with Gasteiger partial charge in [-0.15, -0.1) is 0 Å². The van der Waals surface area contributed by atoms with Crippen molar-refractivity contribution in [1.29, 1.82) is 0 Å². The van der Waals surface area contributed by atoms with E-state index in [1.165, 1.54) is 19.3 Å². The standard InChI is InChI=1S/C22H30N6O2/c1-2-30-19-9-5-4-8-18(19)25-22(29)28-14-12-27(13-15-28)21-16-20(23-17-24-21)26-10-6-3-7-11-26/h4-5,8-9,16-17H,2-3,6-7,10-15H2,1H3,(H,25,29). The molecule has 0 saturated carbocycles. The molecule has 30 heavy (non-hydrogen) atoms. The number of carbonyl (C=O) groups excluding carboxylic acids is 1. The van der Waals surface area contributed by atoms with Crippen LogP contribution in [0.15, 0.2) is 36.7 Å². The zero-order valence-corrected chi connectivity index (χ0v) is 17.6. The van der Waals surface area contributed by atoms with Gasteiger partial charge in [0.05, 0.1) is 12.3 Å². The molecular formula is C22H30N6O2. The first-order valence-electron chi connectivity index (χ1n) is 10.8. The molecule has 0 aliphatic carbocycles. The lowest BCUT2D eigenvalue weighted by atomic mass is 10.1. The van der Waals surface area contributed by atoms with E-state index in [2.05, 4.69) is 31.2 Å². The van der Waals surface area contributed by atoms with E-state index in [1.54, 1.807) is 6.33 Å². The Morgan fingerprint density at radius 2 is 1.63 bits per heavy atom. The summed E-state index contributed by atoms with van der Waals surface area (Å²) in [7, 11) is 0. The van der Waals surface area contributed by atoms with Gasteiger partial charge in [0.2, 0.25) is 0 Å². The normalized spacial score (nSPS) is 17.0. The summed E-state index contributed by atoms with van der Waals surface area (Å²) in [5.74, 6) is 2.64. The summed E-state index contributed by atoms with van der Waals surface area (Å²) in [5.41, 5.74) is 0.703. The first-order valence-corrected chi connectivity index (χ1v) is 10.8. The number of carbonyl (C=O) groups is 1. The number of piperidine rings is 1. The predicted molar refractivity (Wildman–Crippen MR) is 119 cm³/mol. The molecule has 2 fully saturated rings. The first kappa shape index (κ1) is 20.3. The topological polar surface area (TPSA) is 73.8 Å². The number of amides is 2. The van der Waals surface area contributed by atoms with E-state index in [0.29, 0.717) is 31.1 Å². The molecule has 2 aliphatic heterocycles. The third-order valence-corrected chi connectivity index (χ3v) is 5.64. The van der Waals surface area contributed by atoms with Gasteiger partial charge in [-0.2, -0.15) is 0 Å². The van der Waals surface area contributed by atoms with Crippen molar-refractivity contribution in [2.45, 2.75) is 26.2 Å². The van der Waals surface area contributed by atoms with Gasteiger partial charge in [-0.1, -0.05) is 12.1 Å². The Morgan fingerprint density at radius 1 is 0.967 bits per heavy atom. The van der Waals surface area contributed by atoms with Crippen LogP contribution in [0.25, 0.3) is 0 Å². The lowest BCUT2D eigenvalue weighted by molar-refractivity contribution is 0.208. The highest BCUT2D eigenvalue weighted by Gasteiger charge is 2.23. The van der Waals surface area contributed by atoms with Crippen LogP contribution in [0.2, 0.25) is 0 Å². The Bertz CT molecular complexity index is 847. The average Bonchev–Trinajstić information content (AvgIpc) is 2.81. The molecule has 3 heterocycles. The second-order valence-electron chi connectivity index (χ2n) is 7.62. The molecule has 0 atom stereocenters. The van der Waals surface area contributed by atoms with Crippen LogP contribution < -0.4 is 19.9 Å². The zero-order chi connectivity index (χ0) is 20.8. The summed E-state index contributed by atoms with van der Waals surface area (Å²) in [4.78, 5) is 28.1. The van der Waals surface area contributed by atoms with Crippen molar-refractivity contribution in [2.75, 3.05) is 61.0 Å². The van der Waals surface area contributed by atoms with Gasteiger partial charge in [-0.3, -0.25) is 0 Å². The number of ether oxygens (including phenoxy) is 1. The number of hydrogen-bond donors (Lipinski definition) is 1. The molecular weight excluding hydrogens is 380 g/mol. The molecule has 8 nitrogen and oxygen atoms in total. The number of nitrogens with one attached hydrogen (secondary N) is 1. The fourth-order valence-corrected chi connectivity index (χ4v) is 3.99. The summed E-state index contributed by atoms with van der Waals surface area (Å²) < 4.78 is 5.60. The number of benzene rings is 1. The van der Waals surface area contributed by atoms with Crippen molar-refractivity contribution < 1.29 is 9.53 Å². The van der Waals surface area contributed by atoms with Crippen LogP contribution in [0.4, 0.5) is 22.1 Å². The van der Waals surface area contributed by atoms with Gasteiger partial charge in [0, 0.05) is 45.3 Å². The summed E-state index contributed by atoms with van der Waals surface area (Å²) in [6.07, 6.45) is 5.40. The number of urea groups is 1. The van der Waals surface area contributed by atoms with Crippen molar-refractivity contribution in [3.8, 4) is 5.75 Å². The Morgan fingerprint density at radius 3 is 2.33 bits per heavy atom. The van der Waals surface area contributed by atoms with Crippen LogP contribution >= 0.6 is 0 Å². The van der Waals surface area contributed by atoms with E-state index in [9.17, 15) is 4.79 Å². The van der Waals surface area contributed by atoms with Gasteiger partial charge in [0.1, 0.15) is 23.7 Å². The van der Waals surface area contributed by atoms with Crippen LogP contribution in [0.1, 0.15) is 26.2 Å². The van der Waals surface area contributed by atoms with Gasteiger partial charge < -0.3 is 24.8 Å². The van der Waals surface area contributed by atoms with Gasteiger partial charge in [-0.25, -0.2) is 14.8 Å². The molecule has 1 aromatic heterocycles. The smallest absolute Gasteiger partial charge is 0.322 e. The average molecular weight is 411 g/mol. The van der Waals surface area contributed by atoms with Crippen molar-refractivity contribution in [1.82, 2.24) is 14.9 Å². The quantitative estimate of drug-likeness (QED) is 0.816. The molecule has 160 valence electrons. The minimum Gasteiger partial charge on any atom is -0.492 e. The third kappa shape index (κ3) is 4.75. The highest BCUT2D eigenvalue weighted by atomic mass is 16.5. The lowest BCUT2D eigenvalue weighted by Crippen LogP contribution is -2.50. The fraction of sp³-hybridized carbons (Fsp3) is 0.500. The van der Waals surface area contributed by atoms with E-state index in [0.717, 1.165) is 37.8 Å². The number of hydrogen-bond acceptors (Lipinski definition) is 6. The van der Waals surface area contributed by atoms with Crippen LogP contribution in [0.5, 0.6) is 5.75 Å². The number of rotatable bonds is 5. The lowest BCUT2D eigenvalue weighted by Gasteiger charge is -2.36. The molecule has 0 unspecified atom stereocenters. The molecule has 2 saturated heterocycles. The number of para-hydroxylation sites is 2. The summed E-state index contributed by atoms with van der Waals surface area (Å²) in [6.45, 7) is 7.40. The van der Waals surface area contributed by atoms with E-state index in [-0.39, 0.29) is 6.03 Å². The van der Waals surface area contributed by atoms with Crippen molar-refractivity contribution in [3.63, 3.8) is 0 Å². The van der Waals surface area contributed by atoms with Crippen LogP contribution in [-0.2, 0) is 0 Å². The molecule has 0 radical (unpaired) electrons. The molecule has 2 amide bonds. The monoisotopic (exact) mass is 410 g/mol. The van der Waals surface area contributed by atoms with E-state index in [1.807, 2.05) is 36.1 Å². The van der Waals surface area contributed by atoms with Crippen molar-refractivity contribution in [2.24, 2.45) is 0 Å². The van der Waals surface area contributed by atoms with Crippen molar-refractivity contribution in [3.05, 3.63) is 36.7 Å². The summed E-state index contributed by atoms with van der Waals surface area (Å²) >= 11 is 0. The number of aromatic nitrogens is 2. The number of piperazine rings is 1. The fourth-order valence-electron chi connectivity index (χ4n) is 3.99. The SMILES string of the molecule is CCOc1ccccc1NC(=O)N1CCN(c2cc(N3CCCCC3)ncn2)CC1. The maximum absolute atomic E-state index is 12.7. The maximum Gasteiger partial charge on any atom is 0.322 e. The van der Waals surface area contributed by atoms with Gasteiger partial charge in [-0.05, 0) is 38.3 Å². The van der Waals surface area contributed by atoms with Crippen LogP contribution in [0.3, 0.4) is 0 Å². The Hall–Kier alpha value is -3.03. The predicted octanol–water partition coefficient (Wildman–Crippen LogP) is 3.22. The van der Waals surface area contributed by atoms with E-state index >= 15 is 0 Å². The Balaban J connectivity index is 1.34. The molecule has 1 aromatic carbocycles. The molecule has 4 rings (SSSR count). The summed E-state index contributed by atoms with van der Waals surface area (Å²) in [5, 5.41) is 2.98. The van der Waals surface area contributed by atoms with Crippen LogP contribution in [-0.4, -0.2) is 66.8 Å². The Labute approximate surface area is 177 Å². The third-order valence-electron chi connectivity index (χ3n) is 5.64. The minimum absolute atomic E-state index is 0.0986. The molecule has 0 bridgehead atoms. The zero-order valence-electron chi connectivity index (χ0n) is 17.6. The van der Waals surface area contributed by atoms with Crippen LogP contribution in [0, 0.1) is 0 Å². The van der Waals surface area contributed by atoms with Gasteiger partial charge >= 0.3 is 6.03 Å².